The highest BCUT2D eigenvalue weighted by atomic mass is 35.5. The minimum atomic E-state index is -0.458. The summed E-state index contributed by atoms with van der Waals surface area (Å²) in [4.78, 5) is 29.8. The third-order valence-corrected chi connectivity index (χ3v) is 7.19. The van der Waals surface area contributed by atoms with Gasteiger partial charge in [0.2, 0.25) is 5.91 Å². The van der Waals surface area contributed by atoms with Crippen LogP contribution < -0.4 is 16.0 Å². The Kier molecular flexibility index (Phi) is 8.35. The summed E-state index contributed by atoms with van der Waals surface area (Å²) in [5.74, 6) is -0.197. The molecule has 2 aliphatic rings. The molecule has 1 unspecified atom stereocenters. The van der Waals surface area contributed by atoms with Gasteiger partial charge in [-0.2, -0.15) is 0 Å². The van der Waals surface area contributed by atoms with Crippen molar-refractivity contribution in [3.05, 3.63) is 57.3 Å². The summed E-state index contributed by atoms with van der Waals surface area (Å²) in [5.41, 5.74) is 4.77. The molecule has 3 rings (SSSR count). The first-order valence-electron chi connectivity index (χ1n) is 11.8. The first kappa shape index (κ1) is 25.0. The van der Waals surface area contributed by atoms with Crippen molar-refractivity contribution in [2.75, 3.05) is 20.1 Å². The second kappa shape index (κ2) is 11.0. The number of aliphatic imine (C=N–C) groups is 1. The lowest BCUT2D eigenvalue weighted by atomic mass is 9.68. The van der Waals surface area contributed by atoms with Crippen LogP contribution in [0.25, 0.3) is 0 Å². The standard InChI is InChI=1S/C26H35ClN4O2/c1-5-18-14-19(24(32)28-4)15-21(27)23(18)26(17(2)3)10-12-29-16-31-22-9-7-6-8-20(22)25(33)30-13-11-26/h14-16H,2,5-13H2,1,3-4H3,(H,28,32)(H,29,31)(H,30,33). The molecule has 1 aliphatic heterocycles. The van der Waals surface area contributed by atoms with Crippen molar-refractivity contribution in [2.45, 2.75) is 64.2 Å². The number of hydrogen-bond acceptors (Lipinski definition) is 4. The van der Waals surface area contributed by atoms with Crippen LogP contribution in [-0.4, -0.2) is 38.3 Å². The van der Waals surface area contributed by atoms with Crippen LogP contribution in [0.5, 0.6) is 0 Å². The number of amides is 2. The Morgan fingerprint density at radius 2 is 1.97 bits per heavy atom. The molecule has 178 valence electrons. The van der Waals surface area contributed by atoms with E-state index in [4.69, 9.17) is 11.6 Å². The molecule has 3 N–H and O–H groups in total. The molecule has 0 fully saturated rings. The van der Waals surface area contributed by atoms with Gasteiger partial charge in [-0.25, -0.2) is 4.99 Å². The molecule has 0 spiro atoms. The molecule has 1 heterocycles. The second-order valence-corrected chi connectivity index (χ2v) is 9.30. The molecule has 1 atom stereocenters. The van der Waals surface area contributed by atoms with Gasteiger partial charge in [0.1, 0.15) is 0 Å². The van der Waals surface area contributed by atoms with Gasteiger partial charge in [-0.05, 0) is 75.1 Å². The number of halogens is 1. The maximum absolute atomic E-state index is 13.0. The second-order valence-electron chi connectivity index (χ2n) is 8.89. The van der Waals surface area contributed by atoms with Crippen molar-refractivity contribution in [3.8, 4) is 0 Å². The molecule has 0 aromatic heterocycles. The number of nitrogens with one attached hydrogen (secondary N) is 3. The van der Waals surface area contributed by atoms with Gasteiger partial charge in [0.15, 0.2) is 0 Å². The SMILES string of the molecule is C=C(C)C1(c2c(Cl)cc(C(=O)NC)cc2CC)CCN/C=N/C2=C(CCCC2)C(=O)NCC1. The molecule has 1 aliphatic carbocycles. The smallest absolute Gasteiger partial charge is 0.251 e. The van der Waals surface area contributed by atoms with E-state index in [-0.39, 0.29) is 11.8 Å². The predicted molar refractivity (Wildman–Crippen MR) is 135 cm³/mol. The highest BCUT2D eigenvalue weighted by Crippen LogP contribution is 2.44. The fraction of sp³-hybridized carbons (Fsp3) is 0.500. The Balaban J connectivity index is 2.03. The Morgan fingerprint density at radius 1 is 1.24 bits per heavy atom. The van der Waals surface area contributed by atoms with Crippen LogP contribution in [0.15, 0.2) is 40.5 Å². The van der Waals surface area contributed by atoms with Crippen LogP contribution in [0, 0.1) is 0 Å². The van der Waals surface area contributed by atoms with E-state index in [9.17, 15) is 9.59 Å². The summed E-state index contributed by atoms with van der Waals surface area (Å²) >= 11 is 6.86. The topological polar surface area (TPSA) is 82.6 Å². The molecular formula is C26H35ClN4O2. The molecule has 0 saturated carbocycles. The maximum Gasteiger partial charge on any atom is 0.251 e. The van der Waals surface area contributed by atoms with Crippen molar-refractivity contribution in [3.63, 3.8) is 0 Å². The molecule has 2 amide bonds. The lowest BCUT2D eigenvalue weighted by Crippen LogP contribution is -2.38. The number of rotatable bonds is 4. The minimum absolute atomic E-state index is 0.0326. The van der Waals surface area contributed by atoms with Gasteiger partial charge in [-0.1, -0.05) is 30.7 Å². The van der Waals surface area contributed by atoms with Crippen LogP contribution in [0.4, 0.5) is 0 Å². The number of aryl methyl sites for hydroxylation is 1. The van der Waals surface area contributed by atoms with E-state index in [1.165, 1.54) is 0 Å². The highest BCUT2D eigenvalue weighted by molar-refractivity contribution is 6.32. The molecule has 0 radical (unpaired) electrons. The van der Waals surface area contributed by atoms with E-state index >= 15 is 0 Å². The zero-order valence-electron chi connectivity index (χ0n) is 19.9. The zero-order chi connectivity index (χ0) is 24.0. The lowest BCUT2D eigenvalue weighted by Gasteiger charge is -2.38. The third kappa shape index (κ3) is 5.32. The fourth-order valence-corrected chi connectivity index (χ4v) is 5.44. The number of carbonyl (C=O) groups excluding carboxylic acids is 2. The fourth-order valence-electron chi connectivity index (χ4n) is 5.02. The first-order chi connectivity index (χ1) is 15.8. The maximum atomic E-state index is 13.0. The summed E-state index contributed by atoms with van der Waals surface area (Å²) < 4.78 is 0. The Labute approximate surface area is 202 Å². The third-order valence-electron chi connectivity index (χ3n) is 6.90. The molecule has 33 heavy (non-hydrogen) atoms. The van der Waals surface area contributed by atoms with E-state index in [1.807, 2.05) is 13.0 Å². The summed E-state index contributed by atoms with van der Waals surface area (Å²) in [6.45, 7) is 9.62. The van der Waals surface area contributed by atoms with Gasteiger partial charge in [0, 0.05) is 41.7 Å². The number of hydrogen-bond donors (Lipinski definition) is 3. The lowest BCUT2D eigenvalue weighted by molar-refractivity contribution is -0.117. The minimum Gasteiger partial charge on any atom is -0.376 e. The van der Waals surface area contributed by atoms with Crippen LogP contribution in [0.3, 0.4) is 0 Å². The molecule has 1 aromatic carbocycles. The van der Waals surface area contributed by atoms with E-state index in [0.29, 0.717) is 30.1 Å². The Bertz CT molecular complexity index is 998. The summed E-state index contributed by atoms with van der Waals surface area (Å²) in [5, 5.41) is 9.69. The average molecular weight is 471 g/mol. The first-order valence-corrected chi connectivity index (χ1v) is 12.2. The van der Waals surface area contributed by atoms with E-state index in [2.05, 4.69) is 34.4 Å². The molecule has 0 saturated heterocycles. The normalized spacial score (nSPS) is 22.7. The highest BCUT2D eigenvalue weighted by Gasteiger charge is 2.37. The quantitative estimate of drug-likeness (QED) is 0.569. The van der Waals surface area contributed by atoms with Crippen LogP contribution >= 0.6 is 11.6 Å². The Morgan fingerprint density at radius 3 is 2.67 bits per heavy atom. The summed E-state index contributed by atoms with van der Waals surface area (Å²) in [6, 6.07) is 3.66. The average Bonchev–Trinajstić information content (AvgIpc) is 2.81. The van der Waals surface area contributed by atoms with Crippen molar-refractivity contribution >= 4 is 29.8 Å². The Hall–Kier alpha value is -2.60. The summed E-state index contributed by atoms with van der Waals surface area (Å²) in [6.07, 6.45) is 7.52. The van der Waals surface area contributed by atoms with Gasteiger partial charge in [0.25, 0.3) is 5.91 Å². The predicted octanol–water partition coefficient (Wildman–Crippen LogP) is 4.43. The van der Waals surface area contributed by atoms with E-state index < -0.39 is 5.41 Å². The van der Waals surface area contributed by atoms with E-state index in [1.54, 1.807) is 19.5 Å². The summed E-state index contributed by atoms with van der Waals surface area (Å²) in [7, 11) is 1.61. The van der Waals surface area contributed by atoms with Gasteiger partial charge in [0.05, 0.1) is 12.0 Å². The monoisotopic (exact) mass is 470 g/mol. The van der Waals surface area contributed by atoms with Crippen LogP contribution in [0.1, 0.15) is 73.9 Å². The van der Waals surface area contributed by atoms with Gasteiger partial charge in [-0.3, -0.25) is 9.59 Å². The van der Waals surface area contributed by atoms with Crippen molar-refractivity contribution in [2.24, 2.45) is 4.99 Å². The van der Waals surface area contributed by atoms with Crippen LogP contribution in [0.2, 0.25) is 5.02 Å². The molecule has 7 heteroatoms. The van der Waals surface area contributed by atoms with E-state index in [0.717, 1.165) is 66.5 Å². The molecule has 6 nitrogen and oxygen atoms in total. The van der Waals surface area contributed by atoms with Gasteiger partial charge < -0.3 is 16.0 Å². The largest absolute Gasteiger partial charge is 0.376 e. The van der Waals surface area contributed by atoms with Crippen molar-refractivity contribution < 1.29 is 9.59 Å². The van der Waals surface area contributed by atoms with Gasteiger partial charge in [-0.15, -0.1) is 0 Å². The zero-order valence-corrected chi connectivity index (χ0v) is 20.7. The van der Waals surface area contributed by atoms with Crippen molar-refractivity contribution in [1.29, 1.82) is 0 Å². The molecule has 1 aromatic rings. The number of benzene rings is 1. The molecular weight excluding hydrogens is 436 g/mol. The number of nitrogens with zero attached hydrogens (tertiary/aromatic N) is 1. The van der Waals surface area contributed by atoms with Gasteiger partial charge >= 0.3 is 0 Å². The number of allylic oxidation sites excluding steroid dienone is 2. The van der Waals surface area contributed by atoms with Crippen molar-refractivity contribution in [1.82, 2.24) is 16.0 Å². The number of carbonyl (C=O) groups is 2. The van der Waals surface area contributed by atoms with Crippen LogP contribution in [-0.2, 0) is 16.6 Å². The molecule has 0 bridgehead atoms.